The zero-order valence-electron chi connectivity index (χ0n) is 12.1. The van der Waals surface area contributed by atoms with Gasteiger partial charge in [-0.1, -0.05) is 41.5 Å². The normalized spacial score (nSPS) is 12.5. The smallest absolute Gasteiger partial charge is 0.406 e. The lowest BCUT2D eigenvalue weighted by Gasteiger charge is -2.15. The van der Waals surface area contributed by atoms with Crippen molar-refractivity contribution in [1.29, 1.82) is 0 Å². The first-order valence-corrected chi connectivity index (χ1v) is 6.44. The number of benzene rings is 2. The van der Waals surface area contributed by atoms with E-state index in [9.17, 15) is 13.2 Å². The van der Waals surface area contributed by atoms with E-state index in [1.165, 1.54) is 12.1 Å². The third-order valence-electron chi connectivity index (χ3n) is 3.08. The molecule has 0 fully saturated rings. The second kappa shape index (κ2) is 7.03. The Morgan fingerprint density at radius 2 is 1.41 bits per heavy atom. The van der Waals surface area contributed by atoms with Crippen molar-refractivity contribution in [3.8, 4) is 5.75 Å². The Hall–Kier alpha value is -1.72. The number of hydrogen-bond donors (Lipinski definition) is 1. The Balaban J connectivity index is 0.00000242. The van der Waals surface area contributed by atoms with Gasteiger partial charge in [0.05, 0.1) is 6.04 Å². The summed E-state index contributed by atoms with van der Waals surface area (Å²) in [5.74, 6) is -0.251. The van der Waals surface area contributed by atoms with Gasteiger partial charge in [-0.15, -0.1) is 25.6 Å². The molecule has 0 amide bonds. The van der Waals surface area contributed by atoms with Crippen LogP contribution in [-0.4, -0.2) is 6.36 Å². The molecule has 2 N–H and O–H groups in total. The fraction of sp³-hybridized carbons (Fsp3) is 0.250. The first-order chi connectivity index (χ1) is 9.74. The van der Waals surface area contributed by atoms with Gasteiger partial charge in [0.1, 0.15) is 5.75 Å². The van der Waals surface area contributed by atoms with Crippen LogP contribution in [0.4, 0.5) is 13.2 Å². The number of ether oxygens (including phenoxy) is 1. The molecule has 2 aromatic rings. The van der Waals surface area contributed by atoms with Gasteiger partial charge in [-0.2, -0.15) is 0 Å². The largest absolute Gasteiger partial charge is 0.573 e. The molecule has 0 bridgehead atoms. The molecule has 0 aromatic heterocycles. The van der Waals surface area contributed by atoms with E-state index in [2.05, 4.69) is 4.74 Å². The van der Waals surface area contributed by atoms with E-state index in [1.54, 1.807) is 12.1 Å². The summed E-state index contributed by atoms with van der Waals surface area (Å²) < 4.78 is 40.2. The molecule has 0 radical (unpaired) electrons. The first-order valence-electron chi connectivity index (χ1n) is 6.44. The van der Waals surface area contributed by atoms with Gasteiger partial charge in [-0.05, 0) is 37.1 Å². The zero-order chi connectivity index (χ0) is 15.6. The van der Waals surface area contributed by atoms with Crippen LogP contribution in [0.1, 0.15) is 28.3 Å². The van der Waals surface area contributed by atoms with Crippen LogP contribution in [-0.2, 0) is 0 Å². The van der Waals surface area contributed by atoms with Crippen LogP contribution >= 0.6 is 12.4 Å². The summed E-state index contributed by atoms with van der Waals surface area (Å²) in [5.41, 5.74) is 10.0. The maximum Gasteiger partial charge on any atom is 0.573 e. The fourth-order valence-electron chi connectivity index (χ4n) is 2.26. The molecule has 1 atom stereocenters. The maximum absolute atomic E-state index is 12.1. The predicted molar refractivity (Wildman–Crippen MR) is 82.3 cm³/mol. The van der Waals surface area contributed by atoms with Crippen molar-refractivity contribution in [3.63, 3.8) is 0 Å². The number of nitrogens with two attached hydrogens (primary N) is 1. The van der Waals surface area contributed by atoms with Crippen LogP contribution in [0.5, 0.6) is 5.75 Å². The molecule has 0 heterocycles. The van der Waals surface area contributed by atoms with Crippen LogP contribution in [0, 0.1) is 13.8 Å². The minimum absolute atomic E-state index is 0. The summed E-state index contributed by atoms with van der Waals surface area (Å²) in [6.07, 6.45) is -4.68. The van der Waals surface area contributed by atoms with E-state index in [-0.39, 0.29) is 24.2 Å². The van der Waals surface area contributed by atoms with Gasteiger partial charge in [-0.25, -0.2) is 0 Å². The number of hydrogen-bond acceptors (Lipinski definition) is 2. The number of halogens is 4. The van der Waals surface area contributed by atoms with Gasteiger partial charge in [0.2, 0.25) is 0 Å². The van der Waals surface area contributed by atoms with Crippen LogP contribution in [0.2, 0.25) is 0 Å². The minimum Gasteiger partial charge on any atom is -0.406 e. The summed E-state index contributed by atoms with van der Waals surface area (Å²) in [6, 6.07) is 11.2. The van der Waals surface area contributed by atoms with Crippen molar-refractivity contribution in [2.75, 3.05) is 0 Å². The first kappa shape index (κ1) is 18.3. The van der Waals surface area contributed by atoms with Crippen molar-refractivity contribution in [3.05, 3.63) is 64.7 Å². The Morgan fingerprint density at radius 3 is 1.86 bits per heavy atom. The molecule has 120 valence electrons. The van der Waals surface area contributed by atoms with E-state index >= 15 is 0 Å². The molecule has 0 saturated heterocycles. The molecule has 2 rings (SSSR count). The molecule has 2 aromatic carbocycles. The molecule has 2 nitrogen and oxygen atoms in total. The van der Waals surface area contributed by atoms with E-state index in [4.69, 9.17) is 5.73 Å². The molecule has 6 heteroatoms. The van der Waals surface area contributed by atoms with Crippen molar-refractivity contribution in [2.24, 2.45) is 5.73 Å². The molecule has 0 aliphatic carbocycles. The predicted octanol–water partition coefficient (Wildman–Crippen LogP) is 4.67. The monoisotopic (exact) mass is 331 g/mol. The summed E-state index contributed by atoms with van der Waals surface area (Å²) in [4.78, 5) is 0. The van der Waals surface area contributed by atoms with Gasteiger partial charge in [0, 0.05) is 0 Å². The average Bonchev–Trinajstić information content (AvgIpc) is 2.35. The summed E-state index contributed by atoms with van der Waals surface area (Å²) in [6.45, 7) is 3.95. The minimum atomic E-state index is -4.68. The number of aryl methyl sites for hydroxylation is 2. The molecular weight excluding hydrogens is 315 g/mol. The number of rotatable bonds is 3. The van der Waals surface area contributed by atoms with Gasteiger partial charge in [-0.3, -0.25) is 0 Å². The van der Waals surface area contributed by atoms with E-state index < -0.39 is 6.36 Å². The van der Waals surface area contributed by atoms with Gasteiger partial charge < -0.3 is 10.5 Å². The summed E-state index contributed by atoms with van der Waals surface area (Å²) in [7, 11) is 0. The highest BCUT2D eigenvalue weighted by Gasteiger charge is 2.31. The zero-order valence-corrected chi connectivity index (χ0v) is 13.0. The Kier molecular flexibility index (Phi) is 5.85. The van der Waals surface area contributed by atoms with Gasteiger partial charge in [0.15, 0.2) is 0 Å². The molecule has 0 aliphatic rings. The topological polar surface area (TPSA) is 35.2 Å². The highest BCUT2D eigenvalue weighted by atomic mass is 35.5. The second-order valence-electron chi connectivity index (χ2n) is 5.02. The maximum atomic E-state index is 12.1. The molecule has 0 aliphatic heterocycles. The highest BCUT2D eigenvalue weighted by Crippen LogP contribution is 2.26. The Morgan fingerprint density at radius 1 is 0.909 bits per heavy atom. The van der Waals surface area contributed by atoms with E-state index in [0.29, 0.717) is 0 Å². The molecule has 0 spiro atoms. The standard InChI is InChI=1S/C16H16F3NO.ClH/c1-10-7-11(2)9-13(8-10)15(20)12-3-5-14(6-4-12)21-16(17,18)19;/h3-9,15H,20H2,1-2H3;1H/t15-;/m0./s1. The lowest BCUT2D eigenvalue weighted by atomic mass is 9.96. The average molecular weight is 332 g/mol. The van der Waals surface area contributed by atoms with Crippen LogP contribution < -0.4 is 10.5 Å². The molecule has 22 heavy (non-hydrogen) atoms. The SMILES string of the molecule is Cc1cc(C)cc([C@@H](N)c2ccc(OC(F)(F)F)cc2)c1.Cl. The number of alkyl halides is 3. The summed E-state index contributed by atoms with van der Waals surface area (Å²) in [5, 5.41) is 0. The van der Waals surface area contributed by atoms with Gasteiger partial charge >= 0.3 is 6.36 Å². The molecule has 0 unspecified atom stereocenters. The van der Waals surface area contributed by atoms with Crippen molar-refractivity contribution in [1.82, 2.24) is 0 Å². The van der Waals surface area contributed by atoms with Crippen LogP contribution in [0.15, 0.2) is 42.5 Å². The Bertz CT molecular complexity index is 606. The van der Waals surface area contributed by atoms with Crippen molar-refractivity contribution >= 4 is 12.4 Å². The Labute approximate surface area is 133 Å². The molecule has 0 saturated carbocycles. The van der Waals surface area contributed by atoms with E-state index in [1.807, 2.05) is 32.0 Å². The van der Waals surface area contributed by atoms with Crippen molar-refractivity contribution < 1.29 is 17.9 Å². The van der Waals surface area contributed by atoms with E-state index in [0.717, 1.165) is 22.3 Å². The van der Waals surface area contributed by atoms with Crippen LogP contribution in [0.3, 0.4) is 0 Å². The third-order valence-corrected chi connectivity index (χ3v) is 3.08. The highest BCUT2D eigenvalue weighted by molar-refractivity contribution is 5.85. The molecular formula is C16H17ClF3NO. The second-order valence-corrected chi connectivity index (χ2v) is 5.02. The lowest BCUT2D eigenvalue weighted by Crippen LogP contribution is -2.17. The van der Waals surface area contributed by atoms with Crippen molar-refractivity contribution in [2.45, 2.75) is 26.3 Å². The quantitative estimate of drug-likeness (QED) is 0.887. The van der Waals surface area contributed by atoms with Crippen LogP contribution in [0.25, 0.3) is 0 Å². The lowest BCUT2D eigenvalue weighted by molar-refractivity contribution is -0.274. The third kappa shape index (κ3) is 4.93. The van der Waals surface area contributed by atoms with Gasteiger partial charge in [0.25, 0.3) is 0 Å². The summed E-state index contributed by atoms with van der Waals surface area (Å²) >= 11 is 0. The fourth-order valence-corrected chi connectivity index (χ4v) is 2.26.